The normalized spacial score (nSPS) is 21.3. The van der Waals surface area contributed by atoms with Gasteiger partial charge in [-0.25, -0.2) is 0 Å². The molecule has 0 bridgehead atoms. The van der Waals surface area contributed by atoms with E-state index in [1.165, 1.54) is 0 Å². The Kier molecular flexibility index (Phi) is 4.93. The minimum absolute atomic E-state index is 0.154. The van der Waals surface area contributed by atoms with Crippen LogP contribution < -0.4 is 0 Å². The molecule has 1 aliphatic carbocycles. The van der Waals surface area contributed by atoms with Crippen LogP contribution in [0.2, 0.25) is 0 Å². The zero-order valence-corrected chi connectivity index (χ0v) is 11.4. The molecule has 1 rings (SSSR count). The van der Waals surface area contributed by atoms with Gasteiger partial charge in [0.05, 0.1) is 0 Å². The minimum Gasteiger partial charge on any atom is -0.480 e. The van der Waals surface area contributed by atoms with Crippen LogP contribution in [0.25, 0.3) is 0 Å². The van der Waals surface area contributed by atoms with Crippen molar-refractivity contribution >= 4 is 23.9 Å². The Bertz CT molecular complexity index is 397. The van der Waals surface area contributed by atoms with Gasteiger partial charge in [-0.05, 0) is 12.8 Å². The van der Waals surface area contributed by atoms with Crippen LogP contribution in [0.5, 0.6) is 0 Å². The number of carboxylic acid groups (broad SMARTS) is 4. The molecule has 0 unspecified atom stereocenters. The Morgan fingerprint density at radius 1 is 0.524 bits per heavy atom. The third kappa shape index (κ3) is 2.45. The molecule has 1 aliphatic rings. The van der Waals surface area contributed by atoms with Crippen LogP contribution in [-0.4, -0.2) is 44.3 Å². The van der Waals surface area contributed by atoms with E-state index in [9.17, 15) is 39.6 Å². The molecule has 21 heavy (non-hydrogen) atoms. The lowest BCUT2D eigenvalue weighted by molar-refractivity contribution is -0.197. The molecule has 0 radical (unpaired) electrons. The van der Waals surface area contributed by atoms with E-state index in [-0.39, 0.29) is 12.8 Å². The Hall–Kier alpha value is -2.12. The number of aliphatic carboxylic acids is 4. The molecule has 8 nitrogen and oxygen atoms in total. The van der Waals surface area contributed by atoms with E-state index in [2.05, 4.69) is 0 Å². The van der Waals surface area contributed by atoms with Crippen LogP contribution in [0.1, 0.15) is 44.9 Å². The fourth-order valence-electron chi connectivity index (χ4n) is 3.08. The van der Waals surface area contributed by atoms with Crippen molar-refractivity contribution in [2.45, 2.75) is 44.9 Å². The Morgan fingerprint density at radius 3 is 1.00 bits per heavy atom. The summed E-state index contributed by atoms with van der Waals surface area (Å²) >= 11 is 0. The van der Waals surface area contributed by atoms with Crippen molar-refractivity contribution in [2.75, 3.05) is 0 Å². The van der Waals surface area contributed by atoms with Crippen LogP contribution in [0, 0.1) is 10.8 Å². The summed E-state index contributed by atoms with van der Waals surface area (Å²) < 4.78 is 0. The van der Waals surface area contributed by atoms with E-state index in [1.807, 2.05) is 0 Å². The molecule has 0 aromatic carbocycles. The highest BCUT2D eigenvalue weighted by atomic mass is 16.4. The SMILES string of the molecule is O=C(O)C1(C(=O)O)CCCCCCCC1(C(=O)O)C(=O)O. The van der Waals surface area contributed by atoms with E-state index >= 15 is 0 Å². The van der Waals surface area contributed by atoms with Gasteiger partial charge in [-0.2, -0.15) is 0 Å². The maximum Gasteiger partial charge on any atom is 0.322 e. The van der Waals surface area contributed by atoms with Crippen molar-refractivity contribution in [3.05, 3.63) is 0 Å². The maximum atomic E-state index is 11.6. The molecule has 8 heteroatoms. The minimum atomic E-state index is -2.87. The van der Waals surface area contributed by atoms with Crippen molar-refractivity contribution < 1.29 is 39.6 Å². The zero-order chi connectivity index (χ0) is 16.3. The first-order valence-electron chi connectivity index (χ1n) is 6.67. The Labute approximate surface area is 120 Å². The molecule has 0 atom stereocenters. The summed E-state index contributed by atoms with van der Waals surface area (Å²) in [5.41, 5.74) is -5.73. The molecule has 118 valence electrons. The maximum absolute atomic E-state index is 11.6. The highest BCUT2D eigenvalue weighted by molar-refractivity contribution is 6.12. The molecule has 0 aliphatic heterocycles. The second-order valence-electron chi connectivity index (χ2n) is 5.30. The van der Waals surface area contributed by atoms with Crippen LogP contribution >= 0.6 is 0 Å². The third-order valence-electron chi connectivity index (χ3n) is 4.29. The summed E-state index contributed by atoms with van der Waals surface area (Å²) in [5, 5.41) is 37.6. The summed E-state index contributed by atoms with van der Waals surface area (Å²) in [6.45, 7) is 0. The third-order valence-corrected chi connectivity index (χ3v) is 4.29. The fraction of sp³-hybridized carbons (Fsp3) is 0.692. The summed E-state index contributed by atoms with van der Waals surface area (Å²) in [5.74, 6) is -7.66. The van der Waals surface area contributed by atoms with Crippen molar-refractivity contribution in [3.63, 3.8) is 0 Å². The average molecular weight is 302 g/mol. The molecular formula is C13H18O8. The number of carbonyl (C=O) groups is 4. The van der Waals surface area contributed by atoms with Gasteiger partial charge in [0.1, 0.15) is 0 Å². The van der Waals surface area contributed by atoms with E-state index in [0.717, 1.165) is 0 Å². The first-order valence-corrected chi connectivity index (χ1v) is 6.67. The zero-order valence-electron chi connectivity index (χ0n) is 11.4. The van der Waals surface area contributed by atoms with Crippen molar-refractivity contribution in [2.24, 2.45) is 10.8 Å². The van der Waals surface area contributed by atoms with Gasteiger partial charge >= 0.3 is 23.9 Å². The Balaban J connectivity index is 3.64. The molecular weight excluding hydrogens is 284 g/mol. The molecule has 0 aromatic rings. The number of hydrogen-bond donors (Lipinski definition) is 4. The second kappa shape index (κ2) is 6.11. The lowest BCUT2D eigenvalue weighted by atomic mass is 9.58. The highest BCUT2D eigenvalue weighted by Gasteiger charge is 2.70. The smallest absolute Gasteiger partial charge is 0.322 e. The largest absolute Gasteiger partial charge is 0.480 e. The summed E-state index contributed by atoms with van der Waals surface area (Å²) in [7, 11) is 0. The van der Waals surface area contributed by atoms with E-state index in [1.54, 1.807) is 0 Å². The number of carboxylic acids is 4. The topological polar surface area (TPSA) is 149 Å². The van der Waals surface area contributed by atoms with Gasteiger partial charge in [-0.15, -0.1) is 0 Å². The van der Waals surface area contributed by atoms with Crippen LogP contribution in [0.3, 0.4) is 0 Å². The van der Waals surface area contributed by atoms with Gasteiger partial charge < -0.3 is 20.4 Å². The molecule has 0 heterocycles. The van der Waals surface area contributed by atoms with Crippen molar-refractivity contribution in [3.8, 4) is 0 Å². The highest BCUT2D eigenvalue weighted by Crippen LogP contribution is 2.49. The molecule has 1 saturated carbocycles. The van der Waals surface area contributed by atoms with Gasteiger partial charge in [-0.3, -0.25) is 19.2 Å². The van der Waals surface area contributed by atoms with Crippen LogP contribution in [0.15, 0.2) is 0 Å². The van der Waals surface area contributed by atoms with E-state index < -0.39 is 47.5 Å². The number of hydrogen-bond acceptors (Lipinski definition) is 4. The predicted molar refractivity (Wildman–Crippen MR) is 67.7 cm³/mol. The average Bonchev–Trinajstić information content (AvgIpc) is 2.46. The number of rotatable bonds is 4. The van der Waals surface area contributed by atoms with Gasteiger partial charge in [0.2, 0.25) is 0 Å². The predicted octanol–water partition coefficient (Wildman–Crippen LogP) is 1.04. The molecule has 1 fully saturated rings. The first kappa shape index (κ1) is 16.9. The summed E-state index contributed by atoms with van der Waals surface area (Å²) in [6.07, 6.45) is 1.04. The first-order chi connectivity index (χ1) is 9.73. The van der Waals surface area contributed by atoms with E-state index in [4.69, 9.17) is 0 Å². The second-order valence-corrected chi connectivity index (χ2v) is 5.30. The monoisotopic (exact) mass is 302 g/mol. The molecule has 0 saturated heterocycles. The fourth-order valence-corrected chi connectivity index (χ4v) is 3.08. The summed E-state index contributed by atoms with van der Waals surface area (Å²) in [6, 6.07) is 0. The van der Waals surface area contributed by atoms with Gasteiger partial charge in [0.25, 0.3) is 0 Å². The lowest BCUT2D eigenvalue weighted by Gasteiger charge is -2.38. The summed E-state index contributed by atoms with van der Waals surface area (Å²) in [4.78, 5) is 46.4. The van der Waals surface area contributed by atoms with Crippen molar-refractivity contribution in [1.29, 1.82) is 0 Å². The van der Waals surface area contributed by atoms with Gasteiger partial charge in [0, 0.05) is 0 Å². The van der Waals surface area contributed by atoms with Gasteiger partial charge in [-0.1, -0.05) is 32.1 Å². The Morgan fingerprint density at radius 2 is 0.762 bits per heavy atom. The standard InChI is InChI=1S/C13H18O8/c14-8(15)12(9(16)17)6-4-2-1-3-5-7-13(12,10(18)19)11(20)21/h1-7H2,(H,14,15)(H,16,17)(H,18,19)(H,20,21). The van der Waals surface area contributed by atoms with Crippen LogP contribution in [-0.2, 0) is 19.2 Å². The molecule has 4 N–H and O–H groups in total. The van der Waals surface area contributed by atoms with Crippen LogP contribution in [0.4, 0.5) is 0 Å². The van der Waals surface area contributed by atoms with E-state index in [0.29, 0.717) is 19.3 Å². The molecule has 0 spiro atoms. The van der Waals surface area contributed by atoms with Gasteiger partial charge in [0.15, 0.2) is 10.8 Å². The quantitative estimate of drug-likeness (QED) is 0.563. The lowest BCUT2D eigenvalue weighted by Crippen LogP contribution is -2.61. The van der Waals surface area contributed by atoms with Crippen molar-refractivity contribution in [1.82, 2.24) is 0 Å². The molecule has 0 amide bonds. The molecule has 0 aromatic heterocycles.